The summed E-state index contributed by atoms with van der Waals surface area (Å²) in [5.41, 5.74) is 2.24. The molecule has 1 saturated heterocycles. The molecule has 0 radical (unpaired) electrons. The zero-order valence-electron chi connectivity index (χ0n) is 15.6. The van der Waals surface area contributed by atoms with E-state index < -0.39 is 5.97 Å². The lowest BCUT2D eigenvalue weighted by Gasteiger charge is -2.26. The van der Waals surface area contributed by atoms with E-state index in [0.717, 1.165) is 65.6 Å². The van der Waals surface area contributed by atoms with Gasteiger partial charge in [0.15, 0.2) is 0 Å². The number of nitrogens with one attached hydrogen (secondary N) is 1. The van der Waals surface area contributed by atoms with Crippen LogP contribution in [0, 0.1) is 6.92 Å². The first kappa shape index (κ1) is 18.8. The highest BCUT2D eigenvalue weighted by Gasteiger charge is 2.13. The molecule has 0 aliphatic carbocycles. The maximum Gasteiger partial charge on any atom is 0.335 e. The van der Waals surface area contributed by atoms with Gasteiger partial charge < -0.3 is 15.2 Å². The first-order valence-electron chi connectivity index (χ1n) is 9.25. The van der Waals surface area contributed by atoms with Crippen LogP contribution >= 0.6 is 11.3 Å². The van der Waals surface area contributed by atoms with E-state index >= 15 is 0 Å². The van der Waals surface area contributed by atoms with E-state index in [1.54, 1.807) is 23.5 Å². The van der Waals surface area contributed by atoms with Crippen LogP contribution in [-0.4, -0.2) is 65.3 Å². The van der Waals surface area contributed by atoms with Crippen molar-refractivity contribution in [2.45, 2.75) is 6.92 Å². The number of morpholine rings is 1. The lowest BCUT2D eigenvalue weighted by atomic mass is 10.0. The molecule has 1 fully saturated rings. The van der Waals surface area contributed by atoms with E-state index in [4.69, 9.17) is 4.74 Å². The minimum atomic E-state index is -0.922. The minimum Gasteiger partial charge on any atom is -0.478 e. The molecule has 7 nitrogen and oxygen atoms in total. The standard InChI is InChI=1S/C20H22N4O3S/c1-13-2-3-14(19(25)26)10-16(13)17-11-15-12-22-20(23-18(15)28-17)21-4-5-24-6-8-27-9-7-24/h2-3,10-12H,4-9H2,1H3,(H,25,26)(H,21,22,23). The normalized spacial score (nSPS) is 15.0. The molecule has 0 unspecified atom stereocenters. The second-order valence-electron chi connectivity index (χ2n) is 6.78. The molecule has 4 rings (SSSR count). The Morgan fingerprint density at radius 2 is 2.14 bits per heavy atom. The predicted octanol–water partition coefficient (Wildman–Crippen LogP) is 3.11. The number of rotatable bonds is 6. The van der Waals surface area contributed by atoms with Crippen molar-refractivity contribution in [2.24, 2.45) is 0 Å². The van der Waals surface area contributed by atoms with Gasteiger partial charge in [-0.1, -0.05) is 6.07 Å². The maximum atomic E-state index is 11.3. The molecule has 2 aromatic heterocycles. The molecule has 3 aromatic rings. The number of aryl methyl sites for hydroxylation is 1. The largest absolute Gasteiger partial charge is 0.478 e. The Kier molecular flexibility index (Phi) is 5.52. The van der Waals surface area contributed by atoms with Crippen LogP contribution in [0.5, 0.6) is 0 Å². The van der Waals surface area contributed by atoms with E-state index in [0.29, 0.717) is 5.95 Å². The molecule has 3 heterocycles. The van der Waals surface area contributed by atoms with E-state index in [-0.39, 0.29) is 5.56 Å². The summed E-state index contributed by atoms with van der Waals surface area (Å²) in [6, 6.07) is 7.21. The first-order chi connectivity index (χ1) is 13.6. The number of nitrogens with zero attached hydrogens (tertiary/aromatic N) is 3. The number of fused-ring (bicyclic) bond motifs is 1. The second-order valence-corrected chi connectivity index (χ2v) is 7.81. The fourth-order valence-corrected chi connectivity index (χ4v) is 4.31. The van der Waals surface area contributed by atoms with Crippen molar-refractivity contribution in [1.82, 2.24) is 14.9 Å². The van der Waals surface area contributed by atoms with Gasteiger partial charge in [-0.25, -0.2) is 14.8 Å². The molecule has 28 heavy (non-hydrogen) atoms. The third kappa shape index (κ3) is 4.14. The van der Waals surface area contributed by atoms with E-state index in [1.165, 1.54) is 0 Å². The fraction of sp³-hybridized carbons (Fsp3) is 0.350. The van der Waals surface area contributed by atoms with Gasteiger partial charge in [0.1, 0.15) is 4.83 Å². The molecule has 146 valence electrons. The molecule has 0 spiro atoms. The number of carboxylic acids is 1. The van der Waals surface area contributed by atoms with E-state index in [9.17, 15) is 9.90 Å². The zero-order chi connectivity index (χ0) is 19.5. The number of carboxylic acid groups (broad SMARTS) is 1. The number of aromatic nitrogens is 2. The van der Waals surface area contributed by atoms with Crippen molar-refractivity contribution < 1.29 is 14.6 Å². The van der Waals surface area contributed by atoms with Crippen molar-refractivity contribution in [1.29, 1.82) is 0 Å². The maximum absolute atomic E-state index is 11.3. The molecule has 0 bridgehead atoms. The highest BCUT2D eigenvalue weighted by Crippen LogP contribution is 2.34. The molecule has 0 atom stereocenters. The zero-order valence-corrected chi connectivity index (χ0v) is 16.5. The fourth-order valence-electron chi connectivity index (χ4n) is 3.22. The van der Waals surface area contributed by atoms with Gasteiger partial charge in [0.05, 0.1) is 18.8 Å². The number of hydrogen-bond acceptors (Lipinski definition) is 7. The van der Waals surface area contributed by atoms with Crippen LogP contribution in [0.25, 0.3) is 20.7 Å². The minimum absolute atomic E-state index is 0.287. The molecule has 2 N–H and O–H groups in total. The first-order valence-corrected chi connectivity index (χ1v) is 10.1. The topological polar surface area (TPSA) is 87.6 Å². The average molecular weight is 398 g/mol. The van der Waals surface area contributed by atoms with Gasteiger partial charge in [-0.2, -0.15) is 0 Å². The monoisotopic (exact) mass is 398 g/mol. The van der Waals surface area contributed by atoms with Crippen molar-refractivity contribution in [3.8, 4) is 10.4 Å². The third-order valence-corrected chi connectivity index (χ3v) is 5.92. The van der Waals surface area contributed by atoms with Crippen molar-refractivity contribution in [2.75, 3.05) is 44.7 Å². The summed E-state index contributed by atoms with van der Waals surface area (Å²) in [6.07, 6.45) is 1.82. The molecule has 8 heteroatoms. The molecular formula is C20H22N4O3S. The Morgan fingerprint density at radius 3 is 2.93 bits per heavy atom. The second kappa shape index (κ2) is 8.22. The Bertz CT molecular complexity index is 998. The van der Waals surface area contributed by atoms with Crippen LogP contribution < -0.4 is 5.32 Å². The Morgan fingerprint density at radius 1 is 1.32 bits per heavy atom. The molecule has 1 aliphatic rings. The van der Waals surface area contributed by atoms with Gasteiger partial charge in [-0.05, 0) is 36.2 Å². The van der Waals surface area contributed by atoms with Gasteiger partial charge in [-0.3, -0.25) is 4.90 Å². The molecule has 0 amide bonds. The summed E-state index contributed by atoms with van der Waals surface area (Å²) in [5, 5.41) is 13.5. The van der Waals surface area contributed by atoms with Gasteiger partial charge in [0, 0.05) is 42.6 Å². The third-order valence-electron chi connectivity index (χ3n) is 4.84. The summed E-state index contributed by atoms with van der Waals surface area (Å²) in [7, 11) is 0. The van der Waals surface area contributed by atoms with Gasteiger partial charge in [0.25, 0.3) is 0 Å². The number of aromatic carboxylic acids is 1. The van der Waals surface area contributed by atoms with Crippen molar-refractivity contribution >= 4 is 33.5 Å². The molecule has 0 saturated carbocycles. The summed E-state index contributed by atoms with van der Waals surface area (Å²) in [4.78, 5) is 24.6. The van der Waals surface area contributed by atoms with Crippen molar-refractivity contribution in [3.63, 3.8) is 0 Å². The highest BCUT2D eigenvalue weighted by molar-refractivity contribution is 7.21. The van der Waals surface area contributed by atoms with Crippen LogP contribution in [0.1, 0.15) is 15.9 Å². The number of carbonyl (C=O) groups is 1. The van der Waals surface area contributed by atoms with Crippen LogP contribution in [0.3, 0.4) is 0 Å². The van der Waals surface area contributed by atoms with Gasteiger partial charge in [0.2, 0.25) is 5.95 Å². The Balaban J connectivity index is 1.50. The molecular weight excluding hydrogens is 376 g/mol. The van der Waals surface area contributed by atoms with Gasteiger partial charge in [-0.15, -0.1) is 11.3 Å². The Labute approximate surface area is 167 Å². The smallest absolute Gasteiger partial charge is 0.335 e. The van der Waals surface area contributed by atoms with Crippen LogP contribution in [-0.2, 0) is 4.74 Å². The highest BCUT2D eigenvalue weighted by atomic mass is 32.1. The van der Waals surface area contributed by atoms with Gasteiger partial charge >= 0.3 is 5.97 Å². The lowest BCUT2D eigenvalue weighted by molar-refractivity contribution is 0.0398. The average Bonchev–Trinajstić information content (AvgIpc) is 3.12. The van der Waals surface area contributed by atoms with Crippen LogP contribution in [0.15, 0.2) is 30.5 Å². The van der Waals surface area contributed by atoms with Crippen LogP contribution in [0.2, 0.25) is 0 Å². The molecule has 1 aliphatic heterocycles. The lowest BCUT2D eigenvalue weighted by Crippen LogP contribution is -2.39. The van der Waals surface area contributed by atoms with E-state index in [2.05, 4.69) is 20.2 Å². The predicted molar refractivity (Wildman–Crippen MR) is 110 cm³/mol. The summed E-state index contributed by atoms with van der Waals surface area (Å²) < 4.78 is 5.36. The number of benzene rings is 1. The quantitative estimate of drug-likeness (QED) is 0.660. The van der Waals surface area contributed by atoms with Crippen molar-refractivity contribution in [3.05, 3.63) is 41.6 Å². The number of hydrogen-bond donors (Lipinski definition) is 2. The number of anilines is 1. The van der Waals surface area contributed by atoms with Crippen LogP contribution in [0.4, 0.5) is 5.95 Å². The summed E-state index contributed by atoms with van der Waals surface area (Å²) in [6.45, 7) is 7.21. The summed E-state index contributed by atoms with van der Waals surface area (Å²) in [5.74, 6) is -0.306. The van der Waals surface area contributed by atoms with E-state index in [1.807, 2.05) is 25.3 Å². The SMILES string of the molecule is Cc1ccc(C(=O)O)cc1-c1cc2cnc(NCCN3CCOCC3)nc2s1. The number of thiophene rings is 1. The summed E-state index contributed by atoms with van der Waals surface area (Å²) >= 11 is 1.55. The number of ether oxygens (including phenoxy) is 1. The Hall–Kier alpha value is -2.55. The molecule has 1 aromatic carbocycles.